The number of hydrogen-bond acceptors (Lipinski definition) is 5. The molecule has 0 atom stereocenters. The largest absolute Gasteiger partial charge is 0.363 e. The highest BCUT2D eigenvalue weighted by Crippen LogP contribution is 2.23. The summed E-state index contributed by atoms with van der Waals surface area (Å²) >= 11 is 0. The highest BCUT2D eigenvalue weighted by molar-refractivity contribution is 6.05. The molecule has 148 valence electrons. The normalized spacial score (nSPS) is 13.4. The number of amides is 1. The first kappa shape index (κ1) is 18.2. The third-order valence-electron chi connectivity index (χ3n) is 5.69. The summed E-state index contributed by atoms with van der Waals surface area (Å²) in [7, 11) is 0. The van der Waals surface area contributed by atoms with Crippen molar-refractivity contribution in [2.24, 2.45) is 0 Å². The van der Waals surface area contributed by atoms with Gasteiger partial charge < -0.3 is 10.2 Å². The molecule has 0 unspecified atom stereocenters. The summed E-state index contributed by atoms with van der Waals surface area (Å²) in [5, 5.41) is 3.82. The van der Waals surface area contributed by atoms with Crippen molar-refractivity contribution >= 4 is 22.5 Å². The summed E-state index contributed by atoms with van der Waals surface area (Å²) < 4.78 is 0. The van der Waals surface area contributed by atoms with Gasteiger partial charge in [0, 0.05) is 37.3 Å². The number of nitrogens with one attached hydrogen (secondary N) is 1. The van der Waals surface area contributed by atoms with Gasteiger partial charge in [0.1, 0.15) is 0 Å². The van der Waals surface area contributed by atoms with Crippen LogP contribution in [-0.2, 0) is 19.5 Å². The van der Waals surface area contributed by atoms with Gasteiger partial charge >= 0.3 is 0 Å². The van der Waals surface area contributed by atoms with Crippen LogP contribution in [0.1, 0.15) is 27.0 Å². The Kier molecular flexibility index (Phi) is 4.39. The van der Waals surface area contributed by atoms with Crippen molar-refractivity contribution in [3.05, 3.63) is 103 Å². The van der Waals surface area contributed by atoms with Crippen LogP contribution in [0, 0.1) is 0 Å². The molecule has 1 aromatic heterocycles. The van der Waals surface area contributed by atoms with Gasteiger partial charge in [-0.1, -0.05) is 36.4 Å². The molecule has 1 aliphatic rings. The first-order chi connectivity index (χ1) is 14.6. The van der Waals surface area contributed by atoms with Gasteiger partial charge in [-0.05, 0) is 35.2 Å². The van der Waals surface area contributed by atoms with Crippen LogP contribution in [0.5, 0.6) is 0 Å². The Labute approximate surface area is 172 Å². The van der Waals surface area contributed by atoms with Crippen LogP contribution in [-0.4, -0.2) is 17.4 Å². The first-order valence-corrected chi connectivity index (χ1v) is 9.88. The topological polar surface area (TPSA) is 79.4 Å². The van der Waals surface area contributed by atoms with Crippen LogP contribution in [0.4, 0.5) is 5.69 Å². The number of benzene rings is 2. The van der Waals surface area contributed by atoms with Crippen molar-refractivity contribution in [1.29, 1.82) is 0 Å². The highest BCUT2D eigenvalue weighted by Gasteiger charge is 2.22. The Morgan fingerprint density at radius 2 is 1.90 bits per heavy atom. The van der Waals surface area contributed by atoms with E-state index in [0.717, 1.165) is 35.0 Å². The molecule has 0 aliphatic carbocycles. The monoisotopic (exact) mass is 397 g/mol. The maximum atomic E-state index is 12.8. The second-order valence-corrected chi connectivity index (χ2v) is 7.56. The SMILES string of the molecule is O=C(NCc1ccc2c(c1)CN(c1cc(=O)c1=O)CC2)c1ccnc2ccccc12. The first-order valence-electron chi connectivity index (χ1n) is 9.88. The molecular formula is C24H19N3O3. The molecule has 1 amide bonds. The maximum Gasteiger partial charge on any atom is 0.252 e. The third-order valence-corrected chi connectivity index (χ3v) is 5.69. The molecule has 0 fully saturated rings. The van der Waals surface area contributed by atoms with Gasteiger partial charge in [-0.2, -0.15) is 0 Å². The Hall–Kier alpha value is -3.80. The van der Waals surface area contributed by atoms with Gasteiger partial charge in [0.15, 0.2) is 0 Å². The number of carbonyl (C=O) groups is 1. The fourth-order valence-electron chi connectivity index (χ4n) is 4.04. The average molecular weight is 397 g/mol. The van der Waals surface area contributed by atoms with E-state index in [2.05, 4.69) is 22.4 Å². The number of fused-ring (bicyclic) bond motifs is 2. The molecule has 6 nitrogen and oxygen atoms in total. The van der Waals surface area contributed by atoms with Gasteiger partial charge in [-0.25, -0.2) is 0 Å². The molecule has 3 aromatic carbocycles. The lowest BCUT2D eigenvalue weighted by molar-refractivity contribution is 0.0952. The molecule has 0 bridgehead atoms. The average Bonchev–Trinajstić information content (AvgIpc) is 2.79. The van der Waals surface area contributed by atoms with E-state index in [1.54, 1.807) is 12.3 Å². The van der Waals surface area contributed by atoms with E-state index in [9.17, 15) is 14.4 Å². The summed E-state index contributed by atoms with van der Waals surface area (Å²) in [5.41, 5.74) is 4.43. The molecule has 0 saturated heterocycles. The van der Waals surface area contributed by atoms with Gasteiger partial charge in [-0.15, -0.1) is 0 Å². The zero-order valence-electron chi connectivity index (χ0n) is 16.2. The fourth-order valence-corrected chi connectivity index (χ4v) is 4.04. The van der Waals surface area contributed by atoms with Gasteiger partial charge in [0.05, 0.1) is 16.8 Å². The standard InChI is InChI=1S/C24H19N3O3/c28-22-12-21(23(22)29)27-10-8-16-6-5-15(11-17(16)14-27)13-26-24(30)19-7-9-25-20-4-2-1-3-18(19)20/h1-7,9,11-12H,8,10,13-14H2,(H,26,30). The van der Waals surface area contributed by atoms with Crippen LogP contribution in [0.25, 0.3) is 10.9 Å². The molecule has 1 N–H and O–H groups in total. The molecule has 2 heterocycles. The van der Waals surface area contributed by atoms with Crippen LogP contribution >= 0.6 is 0 Å². The van der Waals surface area contributed by atoms with Crippen molar-refractivity contribution in [3.63, 3.8) is 0 Å². The minimum atomic E-state index is -0.420. The van der Waals surface area contributed by atoms with E-state index in [4.69, 9.17) is 0 Å². The number of para-hydroxylation sites is 1. The summed E-state index contributed by atoms with van der Waals surface area (Å²) in [4.78, 5) is 42.0. The Balaban J connectivity index is 1.32. The van der Waals surface area contributed by atoms with Crippen LogP contribution in [0.3, 0.4) is 0 Å². The van der Waals surface area contributed by atoms with Crippen molar-refractivity contribution in [1.82, 2.24) is 10.3 Å². The summed E-state index contributed by atoms with van der Waals surface area (Å²) in [6.07, 6.45) is 2.47. The summed E-state index contributed by atoms with van der Waals surface area (Å²) in [6.45, 7) is 1.73. The van der Waals surface area contributed by atoms with Gasteiger partial charge in [-0.3, -0.25) is 19.4 Å². The van der Waals surface area contributed by atoms with Gasteiger partial charge in [0.25, 0.3) is 5.91 Å². The van der Waals surface area contributed by atoms with Crippen molar-refractivity contribution in [3.8, 4) is 0 Å². The second-order valence-electron chi connectivity index (χ2n) is 7.56. The molecule has 1 aliphatic heterocycles. The Morgan fingerprint density at radius 3 is 2.73 bits per heavy atom. The molecule has 0 radical (unpaired) electrons. The molecule has 6 heteroatoms. The smallest absolute Gasteiger partial charge is 0.252 e. The lowest BCUT2D eigenvalue weighted by Crippen LogP contribution is -2.41. The zero-order valence-corrected chi connectivity index (χ0v) is 16.2. The third kappa shape index (κ3) is 3.16. The number of nitrogens with zero attached hydrogens (tertiary/aromatic N) is 2. The van der Waals surface area contributed by atoms with E-state index < -0.39 is 10.9 Å². The summed E-state index contributed by atoms with van der Waals surface area (Å²) in [5.74, 6) is -0.142. The van der Waals surface area contributed by atoms with E-state index in [0.29, 0.717) is 24.3 Å². The number of carbonyl (C=O) groups excluding carboxylic acids is 1. The number of anilines is 1. The van der Waals surface area contributed by atoms with Crippen LogP contribution in [0.15, 0.2) is 70.4 Å². The van der Waals surface area contributed by atoms with E-state index in [1.807, 2.05) is 35.2 Å². The van der Waals surface area contributed by atoms with E-state index >= 15 is 0 Å². The van der Waals surface area contributed by atoms with Gasteiger partial charge in [0.2, 0.25) is 10.9 Å². The molecule has 5 rings (SSSR count). The van der Waals surface area contributed by atoms with Crippen LogP contribution < -0.4 is 21.1 Å². The molecular weight excluding hydrogens is 378 g/mol. The molecule has 4 aromatic rings. The minimum absolute atomic E-state index is 0.142. The maximum absolute atomic E-state index is 12.8. The lowest BCUT2D eigenvalue weighted by atomic mass is 9.96. The molecule has 0 saturated carbocycles. The lowest BCUT2D eigenvalue weighted by Gasteiger charge is -2.31. The summed E-state index contributed by atoms with van der Waals surface area (Å²) in [6, 6.07) is 16.9. The number of hydrogen-bond donors (Lipinski definition) is 1. The predicted octanol–water partition coefficient (Wildman–Crippen LogP) is 2.32. The van der Waals surface area contributed by atoms with Crippen LogP contribution in [0.2, 0.25) is 0 Å². The molecule has 30 heavy (non-hydrogen) atoms. The highest BCUT2D eigenvalue weighted by atomic mass is 16.2. The minimum Gasteiger partial charge on any atom is -0.363 e. The quantitative estimate of drug-likeness (QED) is 0.535. The number of aromatic nitrogens is 1. The van der Waals surface area contributed by atoms with Crippen molar-refractivity contribution in [2.75, 3.05) is 11.4 Å². The fraction of sp³-hybridized carbons (Fsp3) is 0.167. The van der Waals surface area contributed by atoms with E-state index in [1.165, 1.54) is 11.6 Å². The Morgan fingerprint density at radius 1 is 1.03 bits per heavy atom. The predicted molar refractivity (Wildman–Crippen MR) is 115 cm³/mol. The Bertz CT molecular complexity index is 1350. The number of rotatable bonds is 4. The molecule has 0 spiro atoms. The van der Waals surface area contributed by atoms with Crippen molar-refractivity contribution < 1.29 is 4.79 Å². The second kappa shape index (κ2) is 7.22. The zero-order chi connectivity index (χ0) is 20.7. The van der Waals surface area contributed by atoms with E-state index in [-0.39, 0.29) is 5.91 Å². The number of pyridine rings is 1. The van der Waals surface area contributed by atoms with Crippen molar-refractivity contribution in [2.45, 2.75) is 19.5 Å².